The number of hydrogen-bond donors (Lipinski definition) is 0. The largest absolute Gasteiger partial charge is 0.457 e. The summed E-state index contributed by atoms with van der Waals surface area (Å²) >= 11 is 0. The zero-order chi connectivity index (χ0) is 13.1. The monoisotopic (exact) mass is 250 g/mol. The molecule has 0 aliphatic heterocycles. The Bertz CT molecular complexity index is 380. The predicted octanol–water partition coefficient (Wildman–Crippen LogP) is 3.90. The van der Waals surface area contributed by atoms with E-state index in [9.17, 15) is 4.79 Å². The summed E-state index contributed by atoms with van der Waals surface area (Å²) in [7, 11) is 0. The molecule has 0 spiro atoms. The van der Waals surface area contributed by atoms with Crippen LogP contribution in [0.1, 0.15) is 50.6 Å². The molecule has 18 heavy (non-hydrogen) atoms. The van der Waals surface area contributed by atoms with Crippen LogP contribution in [0.5, 0.6) is 0 Å². The second-order valence-corrected chi connectivity index (χ2v) is 5.75. The Hall–Kier alpha value is -1.25. The average molecular weight is 250 g/mol. The van der Waals surface area contributed by atoms with Crippen LogP contribution in [0.2, 0.25) is 0 Å². The van der Waals surface area contributed by atoms with Crippen LogP contribution < -0.4 is 0 Å². The van der Waals surface area contributed by atoms with Crippen LogP contribution in [0, 0.1) is 17.8 Å². The van der Waals surface area contributed by atoms with Gasteiger partial charge >= 0.3 is 5.97 Å². The van der Waals surface area contributed by atoms with Crippen LogP contribution in [0.25, 0.3) is 0 Å². The Kier molecular flexibility index (Phi) is 4.10. The molecule has 1 saturated carbocycles. The van der Waals surface area contributed by atoms with Gasteiger partial charge in [0.05, 0.1) is 6.26 Å². The van der Waals surface area contributed by atoms with Gasteiger partial charge in [-0.1, -0.05) is 27.2 Å². The molecule has 1 aromatic rings. The molecule has 100 valence electrons. The Balaban J connectivity index is 2.02. The minimum Gasteiger partial charge on any atom is -0.457 e. The summed E-state index contributed by atoms with van der Waals surface area (Å²) in [6.45, 7) is 6.63. The van der Waals surface area contributed by atoms with Gasteiger partial charge in [0.1, 0.15) is 6.10 Å². The van der Waals surface area contributed by atoms with Gasteiger partial charge in [-0.15, -0.1) is 0 Å². The maximum atomic E-state index is 11.9. The van der Waals surface area contributed by atoms with Gasteiger partial charge in [0.2, 0.25) is 5.76 Å². The Morgan fingerprint density at radius 1 is 1.44 bits per heavy atom. The van der Waals surface area contributed by atoms with Crippen LogP contribution in [0.4, 0.5) is 0 Å². The SMILES string of the molecule is CC(C)[C@H]1CC[C@@H](C)C[C@@H]1OC(=O)c1ccco1. The molecule has 0 N–H and O–H groups in total. The van der Waals surface area contributed by atoms with Gasteiger partial charge in [0.15, 0.2) is 0 Å². The van der Waals surface area contributed by atoms with E-state index in [-0.39, 0.29) is 12.1 Å². The highest BCUT2D eigenvalue weighted by molar-refractivity contribution is 5.86. The number of esters is 1. The van der Waals surface area contributed by atoms with E-state index in [0.29, 0.717) is 23.5 Å². The summed E-state index contributed by atoms with van der Waals surface area (Å²) in [4.78, 5) is 11.9. The van der Waals surface area contributed by atoms with E-state index in [2.05, 4.69) is 20.8 Å². The lowest BCUT2D eigenvalue weighted by Crippen LogP contribution is -2.35. The zero-order valence-corrected chi connectivity index (χ0v) is 11.4. The predicted molar refractivity (Wildman–Crippen MR) is 69.3 cm³/mol. The minimum atomic E-state index is -0.329. The average Bonchev–Trinajstić information content (AvgIpc) is 2.81. The van der Waals surface area contributed by atoms with Crippen molar-refractivity contribution in [3.63, 3.8) is 0 Å². The molecule has 0 bridgehead atoms. The highest BCUT2D eigenvalue weighted by Crippen LogP contribution is 2.35. The van der Waals surface area contributed by atoms with E-state index in [4.69, 9.17) is 9.15 Å². The van der Waals surface area contributed by atoms with E-state index in [0.717, 1.165) is 12.8 Å². The van der Waals surface area contributed by atoms with Crippen molar-refractivity contribution in [1.82, 2.24) is 0 Å². The van der Waals surface area contributed by atoms with E-state index >= 15 is 0 Å². The summed E-state index contributed by atoms with van der Waals surface area (Å²) < 4.78 is 10.7. The Labute approximate surface area is 109 Å². The molecule has 3 atom stereocenters. The van der Waals surface area contributed by atoms with E-state index in [1.807, 2.05) is 0 Å². The highest BCUT2D eigenvalue weighted by Gasteiger charge is 2.33. The van der Waals surface area contributed by atoms with E-state index in [1.54, 1.807) is 12.1 Å². The summed E-state index contributed by atoms with van der Waals surface area (Å²) in [5.74, 6) is 1.63. The van der Waals surface area contributed by atoms with Gasteiger partial charge in [-0.05, 0) is 42.7 Å². The van der Waals surface area contributed by atoms with Crippen LogP contribution >= 0.6 is 0 Å². The number of ether oxygens (including phenoxy) is 1. The Morgan fingerprint density at radius 2 is 2.22 bits per heavy atom. The molecule has 0 aromatic carbocycles. The lowest BCUT2D eigenvalue weighted by molar-refractivity contribution is -0.0198. The lowest BCUT2D eigenvalue weighted by Gasteiger charge is -2.36. The van der Waals surface area contributed by atoms with E-state index in [1.165, 1.54) is 12.7 Å². The summed E-state index contributed by atoms with van der Waals surface area (Å²) in [6, 6.07) is 3.36. The zero-order valence-electron chi connectivity index (χ0n) is 11.4. The third-order valence-electron chi connectivity index (χ3n) is 3.94. The molecule has 3 heteroatoms. The van der Waals surface area contributed by atoms with Crippen molar-refractivity contribution in [1.29, 1.82) is 0 Å². The number of furan rings is 1. The van der Waals surface area contributed by atoms with Gasteiger partial charge in [-0.3, -0.25) is 0 Å². The van der Waals surface area contributed by atoms with Crippen molar-refractivity contribution in [3.05, 3.63) is 24.2 Å². The number of rotatable bonds is 3. The third-order valence-corrected chi connectivity index (χ3v) is 3.94. The van der Waals surface area contributed by atoms with Gasteiger partial charge in [0.25, 0.3) is 0 Å². The van der Waals surface area contributed by atoms with Gasteiger partial charge in [-0.2, -0.15) is 0 Å². The van der Waals surface area contributed by atoms with Crippen molar-refractivity contribution < 1.29 is 13.9 Å². The first-order valence-corrected chi connectivity index (χ1v) is 6.82. The molecule has 1 fully saturated rings. The maximum Gasteiger partial charge on any atom is 0.374 e. The lowest BCUT2D eigenvalue weighted by atomic mass is 9.75. The fraction of sp³-hybridized carbons (Fsp3) is 0.667. The van der Waals surface area contributed by atoms with Gasteiger partial charge in [-0.25, -0.2) is 4.79 Å². The molecule has 0 radical (unpaired) electrons. The van der Waals surface area contributed by atoms with Crippen molar-refractivity contribution in [2.24, 2.45) is 17.8 Å². The molecular formula is C15H22O3. The van der Waals surface area contributed by atoms with Crippen molar-refractivity contribution in [3.8, 4) is 0 Å². The molecule has 3 nitrogen and oxygen atoms in total. The van der Waals surface area contributed by atoms with Crippen molar-refractivity contribution >= 4 is 5.97 Å². The second-order valence-electron chi connectivity index (χ2n) is 5.75. The molecule has 0 unspecified atom stereocenters. The topological polar surface area (TPSA) is 39.4 Å². The fourth-order valence-corrected chi connectivity index (χ4v) is 2.84. The molecule has 0 amide bonds. The molecule has 1 aliphatic carbocycles. The summed E-state index contributed by atoms with van der Waals surface area (Å²) in [6.07, 6.45) is 4.88. The molecular weight excluding hydrogens is 228 g/mol. The normalized spacial score (nSPS) is 28.3. The standard InChI is InChI=1S/C15H22O3/c1-10(2)12-7-6-11(3)9-14(12)18-15(16)13-5-4-8-17-13/h4-5,8,10-12,14H,6-7,9H2,1-3H3/t11-,12-,14+/m1/s1. The molecule has 1 aromatic heterocycles. The molecule has 0 saturated heterocycles. The third kappa shape index (κ3) is 2.95. The van der Waals surface area contributed by atoms with Crippen LogP contribution in [0.15, 0.2) is 22.8 Å². The minimum absolute atomic E-state index is 0.0337. The van der Waals surface area contributed by atoms with Crippen LogP contribution in [-0.4, -0.2) is 12.1 Å². The number of carbonyl (C=O) groups excluding carboxylic acids is 1. The number of carbonyl (C=O) groups is 1. The first-order valence-electron chi connectivity index (χ1n) is 6.82. The summed E-state index contributed by atoms with van der Waals surface area (Å²) in [5, 5.41) is 0. The van der Waals surface area contributed by atoms with Crippen LogP contribution in [-0.2, 0) is 4.74 Å². The first kappa shape index (κ1) is 13.2. The molecule has 2 rings (SSSR count). The quantitative estimate of drug-likeness (QED) is 0.764. The highest BCUT2D eigenvalue weighted by atomic mass is 16.6. The Morgan fingerprint density at radius 3 is 2.83 bits per heavy atom. The smallest absolute Gasteiger partial charge is 0.374 e. The van der Waals surface area contributed by atoms with Gasteiger partial charge < -0.3 is 9.15 Å². The van der Waals surface area contributed by atoms with Crippen molar-refractivity contribution in [2.45, 2.75) is 46.1 Å². The molecule has 1 heterocycles. The fourth-order valence-electron chi connectivity index (χ4n) is 2.84. The van der Waals surface area contributed by atoms with Crippen molar-refractivity contribution in [2.75, 3.05) is 0 Å². The van der Waals surface area contributed by atoms with E-state index < -0.39 is 0 Å². The first-order chi connectivity index (χ1) is 8.58. The number of hydrogen-bond acceptors (Lipinski definition) is 3. The van der Waals surface area contributed by atoms with Gasteiger partial charge in [0, 0.05) is 0 Å². The second kappa shape index (κ2) is 5.59. The summed E-state index contributed by atoms with van der Waals surface area (Å²) in [5.41, 5.74) is 0. The maximum absolute atomic E-state index is 11.9. The molecule has 1 aliphatic rings. The van der Waals surface area contributed by atoms with Crippen LogP contribution in [0.3, 0.4) is 0 Å².